The smallest absolute Gasteiger partial charge is 0.307 e. The van der Waals surface area contributed by atoms with E-state index in [4.69, 9.17) is 5.11 Å². The highest BCUT2D eigenvalue weighted by molar-refractivity contribution is 5.90. The van der Waals surface area contributed by atoms with Crippen molar-refractivity contribution in [3.8, 4) is 0 Å². The van der Waals surface area contributed by atoms with Gasteiger partial charge >= 0.3 is 5.97 Å². The molecule has 3 atom stereocenters. The molecule has 1 unspecified atom stereocenters. The molecule has 2 amide bonds. The summed E-state index contributed by atoms with van der Waals surface area (Å²) in [6.45, 7) is 6.14. The number of carboxylic acid groups (broad SMARTS) is 1. The fourth-order valence-corrected chi connectivity index (χ4v) is 2.41. The van der Waals surface area contributed by atoms with Crippen LogP contribution in [0.15, 0.2) is 0 Å². The van der Waals surface area contributed by atoms with Crippen molar-refractivity contribution in [2.24, 2.45) is 17.8 Å². The molecule has 0 radical (unpaired) electrons. The van der Waals surface area contributed by atoms with Crippen molar-refractivity contribution in [2.75, 3.05) is 6.54 Å². The van der Waals surface area contributed by atoms with Gasteiger partial charge in [0.2, 0.25) is 11.8 Å². The van der Waals surface area contributed by atoms with Crippen LogP contribution in [-0.4, -0.2) is 35.5 Å². The van der Waals surface area contributed by atoms with Gasteiger partial charge < -0.3 is 15.7 Å². The lowest BCUT2D eigenvalue weighted by Crippen LogP contribution is -2.48. The molecule has 0 bridgehead atoms. The number of nitrogens with one attached hydrogen (secondary N) is 2. The first-order valence-electron chi connectivity index (χ1n) is 7.13. The predicted molar refractivity (Wildman–Crippen MR) is 73.9 cm³/mol. The average Bonchev–Trinajstić information content (AvgIpc) is 2.84. The minimum Gasteiger partial charge on any atom is -0.481 e. The van der Waals surface area contributed by atoms with Gasteiger partial charge in [-0.2, -0.15) is 0 Å². The fraction of sp³-hybridized carbons (Fsp3) is 0.786. The van der Waals surface area contributed by atoms with E-state index in [0.29, 0.717) is 25.3 Å². The highest BCUT2D eigenvalue weighted by Gasteiger charge is 2.38. The summed E-state index contributed by atoms with van der Waals surface area (Å²) >= 11 is 0. The largest absolute Gasteiger partial charge is 0.481 e. The number of carboxylic acids is 1. The summed E-state index contributed by atoms with van der Waals surface area (Å²) in [5.41, 5.74) is 0. The van der Waals surface area contributed by atoms with E-state index in [2.05, 4.69) is 10.6 Å². The predicted octanol–water partition coefficient (Wildman–Crippen LogP) is 0.764. The molecular weight excluding hydrogens is 260 g/mol. The van der Waals surface area contributed by atoms with Crippen LogP contribution in [0, 0.1) is 17.8 Å². The third-order valence-electron chi connectivity index (χ3n) is 3.61. The Morgan fingerprint density at radius 2 is 1.75 bits per heavy atom. The summed E-state index contributed by atoms with van der Waals surface area (Å²) in [5.74, 6) is -2.31. The van der Waals surface area contributed by atoms with Crippen LogP contribution in [0.5, 0.6) is 0 Å². The van der Waals surface area contributed by atoms with Crippen LogP contribution in [-0.2, 0) is 14.4 Å². The zero-order chi connectivity index (χ0) is 15.3. The van der Waals surface area contributed by atoms with E-state index in [1.54, 1.807) is 6.92 Å². The summed E-state index contributed by atoms with van der Waals surface area (Å²) in [5, 5.41) is 14.4. The van der Waals surface area contributed by atoms with Crippen molar-refractivity contribution in [1.82, 2.24) is 10.6 Å². The maximum absolute atomic E-state index is 12.1. The van der Waals surface area contributed by atoms with Crippen molar-refractivity contribution in [3.63, 3.8) is 0 Å². The Balaban J connectivity index is 2.48. The number of carbonyl (C=O) groups is 3. The number of hydrogen-bond donors (Lipinski definition) is 3. The van der Waals surface area contributed by atoms with Gasteiger partial charge in [-0.25, -0.2) is 0 Å². The van der Waals surface area contributed by atoms with Gasteiger partial charge in [0.25, 0.3) is 0 Å². The van der Waals surface area contributed by atoms with Gasteiger partial charge in [-0.3, -0.25) is 14.4 Å². The van der Waals surface area contributed by atoms with E-state index in [1.165, 1.54) is 0 Å². The summed E-state index contributed by atoms with van der Waals surface area (Å²) < 4.78 is 0. The van der Waals surface area contributed by atoms with Crippen molar-refractivity contribution >= 4 is 17.8 Å². The summed E-state index contributed by atoms with van der Waals surface area (Å²) in [6.07, 6.45) is 1.84. The van der Waals surface area contributed by atoms with E-state index in [1.807, 2.05) is 13.8 Å². The molecule has 1 rings (SSSR count). The Hall–Kier alpha value is -1.59. The number of aliphatic carboxylic acids is 1. The van der Waals surface area contributed by atoms with Gasteiger partial charge in [-0.05, 0) is 25.7 Å². The Morgan fingerprint density at radius 3 is 2.30 bits per heavy atom. The molecule has 0 heterocycles. The number of amides is 2. The second-order valence-electron chi connectivity index (χ2n) is 5.85. The van der Waals surface area contributed by atoms with E-state index in [0.717, 1.165) is 6.42 Å². The zero-order valence-electron chi connectivity index (χ0n) is 12.3. The molecule has 6 nitrogen and oxygen atoms in total. The molecule has 114 valence electrons. The zero-order valence-corrected chi connectivity index (χ0v) is 12.3. The quantitative estimate of drug-likeness (QED) is 0.671. The molecule has 0 spiro atoms. The van der Waals surface area contributed by atoms with Gasteiger partial charge in [0.05, 0.1) is 11.8 Å². The molecule has 0 aromatic carbocycles. The van der Waals surface area contributed by atoms with Crippen molar-refractivity contribution < 1.29 is 19.5 Å². The molecule has 6 heteroatoms. The molecule has 1 fully saturated rings. The van der Waals surface area contributed by atoms with Crippen LogP contribution in [0.1, 0.15) is 40.0 Å². The van der Waals surface area contributed by atoms with Crippen LogP contribution in [0.25, 0.3) is 0 Å². The maximum Gasteiger partial charge on any atom is 0.307 e. The topological polar surface area (TPSA) is 95.5 Å². The number of carbonyl (C=O) groups excluding carboxylic acids is 2. The lowest BCUT2D eigenvalue weighted by Gasteiger charge is -2.19. The van der Waals surface area contributed by atoms with Gasteiger partial charge in [0.15, 0.2) is 0 Å². The highest BCUT2D eigenvalue weighted by atomic mass is 16.4. The molecular formula is C14H24N2O4. The van der Waals surface area contributed by atoms with Gasteiger partial charge in [0, 0.05) is 6.54 Å². The first-order chi connectivity index (χ1) is 9.32. The monoisotopic (exact) mass is 284 g/mol. The third kappa shape index (κ3) is 4.51. The lowest BCUT2D eigenvalue weighted by atomic mass is 9.95. The van der Waals surface area contributed by atoms with Crippen LogP contribution in [0.4, 0.5) is 0 Å². The molecule has 1 saturated carbocycles. The molecule has 0 aromatic rings. The average molecular weight is 284 g/mol. The van der Waals surface area contributed by atoms with Crippen LogP contribution in [0.3, 0.4) is 0 Å². The summed E-state index contributed by atoms with van der Waals surface area (Å²) in [6, 6.07) is -0.642. The molecule has 3 N–H and O–H groups in total. The third-order valence-corrected chi connectivity index (χ3v) is 3.61. The second-order valence-corrected chi connectivity index (χ2v) is 5.85. The molecule has 0 saturated heterocycles. The minimum absolute atomic E-state index is 0.239. The first kappa shape index (κ1) is 16.5. The van der Waals surface area contributed by atoms with Crippen LogP contribution >= 0.6 is 0 Å². The minimum atomic E-state index is -0.931. The number of rotatable bonds is 6. The Morgan fingerprint density at radius 1 is 1.15 bits per heavy atom. The van der Waals surface area contributed by atoms with E-state index in [9.17, 15) is 14.4 Å². The molecule has 1 aliphatic rings. The Bertz CT molecular complexity index is 381. The van der Waals surface area contributed by atoms with Crippen molar-refractivity contribution in [2.45, 2.75) is 46.1 Å². The van der Waals surface area contributed by atoms with Crippen molar-refractivity contribution in [3.05, 3.63) is 0 Å². The van der Waals surface area contributed by atoms with Gasteiger partial charge in [0.1, 0.15) is 6.04 Å². The second kappa shape index (κ2) is 7.26. The van der Waals surface area contributed by atoms with Crippen molar-refractivity contribution in [1.29, 1.82) is 0 Å². The van der Waals surface area contributed by atoms with E-state index >= 15 is 0 Å². The summed E-state index contributed by atoms with van der Waals surface area (Å²) in [4.78, 5) is 34.9. The molecule has 20 heavy (non-hydrogen) atoms. The first-order valence-corrected chi connectivity index (χ1v) is 7.13. The molecule has 0 aliphatic heterocycles. The van der Waals surface area contributed by atoms with Crippen LogP contribution < -0.4 is 10.6 Å². The standard InChI is InChI=1S/C14H24N2O4/c1-8(2)7-15-12(17)9(3)16-13(18)10-5-4-6-11(10)14(19)20/h8-11H,4-7H2,1-3H3,(H,15,17)(H,16,18)(H,19,20)/t9?,10-,11+/m1/s1. The summed E-state index contributed by atoms with van der Waals surface area (Å²) in [7, 11) is 0. The Labute approximate surface area is 119 Å². The van der Waals surface area contributed by atoms with E-state index < -0.39 is 23.8 Å². The van der Waals surface area contributed by atoms with Crippen LogP contribution in [0.2, 0.25) is 0 Å². The SMILES string of the molecule is CC(C)CNC(=O)C(C)NC(=O)[C@@H]1CCC[C@@H]1C(=O)O. The van der Waals surface area contributed by atoms with E-state index in [-0.39, 0.29) is 11.8 Å². The maximum atomic E-state index is 12.1. The fourth-order valence-electron chi connectivity index (χ4n) is 2.41. The van der Waals surface area contributed by atoms with Gasteiger partial charge in [-0.15, -0.1) is 0 Å². The Kier molecular flexibility index (Phi) is 5.98. The normalized spacial score (nSPS) is 23.4. The number of hydrogen-bond acceptors (Lipinski definition) is 3. The van der Waals surface area contributed by atoms with Gasteiger partial charge in [-0.1, -0.05) is 20.3 Å². The molecule has 0 aromatic heterocycles. The molecule has 1 aliphatic carbocycles. The highest BCUT2D eigenvalue weighted by Crippen LogP contribution is 2.32. The lowest BCUT2D eigenvalue weighted by molar-refractivity contribution is -0.146.